The number of rotatable bonds is 9. The molecule has 0 spiro atoms. The summed E-state index contributed by atoms with van der Waals surface area (Å²) in [5.74, 6) is 1.02. The van der Waals surface area contributed by atoms with E-state index in [4.69, 9.17) is 21.1 Å². The molecule has 5 nitrogen and oxygen atoms in total. The van der Waals surface area contributed by atoms with Gasteiger partial charge >= 0.3 is 0 Å². The Balaban J connectivity index is 1.62. The SMILES string of the molecule is CCCOc1ccc(C(=O)N/N=C\c2cc(Cl)ccc2OCc2ccc(Br)cc2)cc1. The van der Waals surface area contributed by atoms with Crippen LogP contribution in [0.25, 0.3) is 0 Å². The molecule has 0 fully saturated rings. The number of halogens is 2. The third-order valence-electron chi connectivity index (χ3n) is 4.24. The number of ether oxygens (including phenoxy) is 2. The largest absolute Gasteiger partial charge is 0.494 e. The second-order valence-electron chi connectivity index (χ2n) is 6.67. The molecule has 31 heavy (non-hydrogen) atoms. The highest BCUT2D eigenvalue weighted by molar-refractivity contribution is 9.10. The van der Waals surface area contributed by atoms with Crippen molar-refractivity contribution in [2.24, 2.45) is 5.10 Å². The number of hydrogen-bond acceptors (Lipinski definition) is 4. The highest BCUT2D eigenvalue weighted by atomic mass is 79.9. The maximum absolute atomic E-state index is 12.3. The van der Waals surface area contributed by atoms with Gasteiger partial charge < -0.3 is 9.47 Å². The second-order valence-corrected chi connectivity index (χ2v) is 8.02. The first-order chi connectivity index (χ1) is 15.0. The van der Waals surface area contributed by atoms with Gasteiger partial charge in [0.05, 0.1) is 12.8 Å². The van der Waals surface area contributed by atoms with Gasteiger partial charge in [0.25, 0.3) is 5.91 Å². The van der Waals surface area contributed by atoms with E-state index in [-0.39, 0.29) is 5.91 Å². The molecule has 0 aliphatic carbocycles. The van der Waals surface area contributed by atoms with Crippen molar-refractivity contribution < 1.29 is 14.3 Å². The molecule has 0 aliphatic rings. The maximum Gasteiger partial charge on any atom is 0.271 e. The Morgan fingerprint density at radius 2 is 1.81 bits per heavy atom. The Morgan fingerprint density at radius 1 is 1.06 bits per heavy atom. The van der Waals surface area contributed by atoms with Gasteiger partial charge in [-0.05, 0) is 66.6 Å². The molecule has 0 atom stereocenters. The zero-order valence-corrected chi connectivity index (χ0v) is 19.3. The number of amides is 1. The highest BCUT2D eigenvalue weighted by Gasteiger charge is 2.06. The number of carbonyl (C=O) groups excluding carboxylic acids is 1. The zero-order valence-electron chi connectivity index (χ0n) is 17.0. The quantitative estimate of drug-likeness (QED) is 0.279. The molecule has 0 heterocycles. The molecule has 7 heteroatoms. The summed E-state index contributed by atoms with van der Waals surface area (Å²) in [5.41, 5.74) is 4.70. The Hall–Kier alpha value is -2.83. The number of hydrogen-bond donors (Lipinski definition) is 1. The molecule has 0 saturated carbocycles. The van der Waals surface area contributed by atoms with Crippen LogP contribution in [0.3, 0.4) is 0 Å². The van der Waals surface area contributed by atoms with Crippen LogP contribution in [0.15, 0.2) is 76.3 Å². The molecular formula is C24H22BrClN2O3. The molecule has 0 aromatic heterocycles. The summed E-state index contributed by atoms with van der Waals surface area (Å²) in [6.45, 7) is 3.08. The summed E-state index contributed by atoms with van der Waals surface area (Å²) in [6.07, 6.45) is 2.44. The number of benzene rings is 3. The van der Waals surface area contributed by atoms with Crippen molar-refractivity contribution in [3.8, 4) is 11.5 Å². The van der Waals surface area contributed by atoms with Crippen LogP contribution in [-0.4, -0.2) is 18.7 Å². The van der Waals surface area contributed by atoms with Crippen LogP contribution in [0.1, 0.15) is 34.8 Å². The average molecular weight is 502 g/mol. The van der Waals surface area contributed by atoms with Crippen LogP contribution in [0.5, 0.6) is 11.5 Å². The van der Waals surface area contributed by atoms with Crippen molar-refractivity contribution in [2.75, 3.05) is 6.61 Å². The molecule has 1 N–H and O–H groups in total. The van der Waals surface area contributed by atoms with Crippen molar-refractivity contribution in [1.82, 2.24) is 5.43 Å². The normalized spacial score (nSPS) is 10.8. The smallest absolute Gasteiger partial charge is 0.271 e. The van der Waals surface area contributed by atoms with Crippen LogP contribution in [0, 0.1) is 0 Å². The van der Waals surface area contributed by atoms with Crippen LogP contribution in [0.4, 0.5) is 0 Å². The van der Waals surface area contributed by atoms with Gasteiger partial charge in [-0.15, -0.1) is 0 Å². The summed E-state index contributed by atoms with van der Waals surface area (Å²) in [4.78, 5) is 12.3. The fourth-order valence-corrected chi connectivity index (χ4v) is 3.09. The molecule has 0 bridgehead atoms. The molecule has 0 radical (unpaired) electrons. The number of hydrazone groups is 1. The topological polar surface area (TPSA) is 59.9 Å². The number of carbonyl (C=O) groups is 1. The van der Waals surface area contributed by atoms with E-state index in [1.807, 2.05) is 31.2 Å². The maximum atomic E-state index is 12.3. The zero-order chi connectivity index (χ0) is 22.1. The van der Waals surface area contributed by atoms with Gasteiger partial charge in [0.1, 0.15) is 18.1 Å². The predicted octanol–water partition coefficient (Wildman–Crippen LogP) is 6.23. The van der Waals surface area contributed by atoms with Crippen molar-refractivity contribution in [1.29, 1.82) is 0 Å². The van der Waals surface area contributed by atoms with Gasteiger partial charge in [0.2, 0.25) is 0 Å². The van der Waals surface area contributed by atoms with Crippen LogP contribution in [0.2, 0.25) is 5.02 Å². The lowest BCUT2D eigenvalue weighted by atomic mass is 10.2. The molecule has 0 saturated heterocycles. The number of nitrogens with one attached hydrogen (secondary N) is 1. The van der Waals surface area contributed by atoms with E-state index in [0.717, 1.165) is 22.2 Å². The van der Waals surface area contributed by atoms with Crippen LogP contribution < -0.4 is 14.9 Å². The Bertz CT molecular complexity index is 1040. The van der Waals surface area contributed by atoms with Crippen molar-refractivity contribution >= 4 is 39.7 Å². The third kappa shape index (κ3) is 7.12. The van der Waals surface area contributed by atoms with Crippen molar-refractivity contribution in [3.63, 3.8) is 0 Å². The summed E-state index contributed by atoms with van der Waals surface area (Å²) in [6, 6.07) is 20.0. The van der Waals surface area contributed by atoms with Gasteiger partial charge in [0, 0.05) is 20.6 Å². The van der Waals surface area contributed by atoms with Gasteiger partial charge in [0.15, 0.2) is 0 Å². The summed E-state index contributed by atoms with van der Waals surface area (Å²) in [5, 5.41) is 4.61. The van der Waals surface area contributed by atoms with Crippen molar-refractivity contribution in [3.05, 3.63) is 92.9 Å². The van der Waals surface area contributed by atoms with E-state index in [1.54, 1.807) is 42.5 Å². The van der Waals surface area contributed by atoms with Crippen LogP contribution in [-0.2, 0) is 6.61 Å². The number of nitrogens with zero attached hydrogens (tertiary/aromatic N) is 1. The second kappa shape index (κ2) is 11.5. The minimum Gasteiger partial charge on any atom is -0.494 e. The fourth-order valence-electron chi connectivity index (χ4n) is 2.64. The van der Waals surface area contributed by atoms with E-state index < -0.39 is 0 Å². The molecule has 3 aromatic carbocycles. The average Bonchev–Trinajstić information content (AvgIpc) is 2.78. The van der Waals surface area contributed by atoms with Gasteiger partial charge in [-0.25, -0.2) is 5.43 Å². The summed E-state index contributed by atoms with van der Waals surface area (Å²) >= 11 is 9.54. The molecular weight excluding hydrogens is 480 g/mol. The summed E-state index contributed by atoms with van der Waals surface area (Å²) < 4.78 is 12.4. The first-order valence-corrected chi connectivity index (χ1v) is 11.0. The fraction of sp³-hybridized carbons (Fsp3) is 0.167. The van der Waals surface area contributed by atoms with E-state index in [9.17, 15) is 4.79 Å². The third-order valence-corrected chi connectivity index (χ3v) is 5.00. The van der Waals surface area contributed by atoms with Crippen LogP contribution >= 0.6 is 27.5 Å². The lowest BCUT2D eigenvalue weighted by Gasteiger charge is -2.10. The lowest BCUT2D eigenvalue weighted by molar-refractivity contribution is 0.0955. The first-order valence-electron chi connectivity index (χ1n) is 9.78. The van der Waals surface area contributed by atoms with Gasteiger partial charge in [-0.2, -0.15) is 5.10 Å². The Morgan fingerprint density at radius 3 is 2.52 bits per heavy atom. The van der Waals surface area contributed by atoms with Crippen molar-refractivity contribution in [2.45, 2.75) is 20.0 Å². The standard InChI is InChI=1S/C24H22BrClN2O3/c1-2-13-30-22-10-5-18(6-11-22)24(29)28-27-15-19-14-21(26)9-12-23(19)31-16-17-3-7-20(25)8-4-17/h3-12,14-15H,2,13,16H2,1H3,(H,28,29)/b27-15-. The van der Waals surface area contributed by atoms with E-state index >= 15 is 0 Å². The molecule has 0 unspecified atom stereocenters. The summed E-state index contributed by atoms with van der Waals surface area (Å²) in [7, 11) is 0. The molecule has 3 rings (SSSR count). The Labute approximate surface area is 195 Å². The molecule has 160 valence electrons. The highest BCUT2D eigenvalue weighted by Crippen LogP contribution is 2.23. The predicted molar refractivity (Wildman–Crippen MR) is 127 cm³/mol. The van der Waals surface area contributed by atoms with E-state index in [1.165, 1.54) is 6.21 Å². The monoisotopic (exact) mass is 500 g/mol. The molecule has 3 aromatic rings. The van der Waals surface area contributed by atoms with Gasteiger partial charge in [-0.3, -0.25) is 4.79 Å². The van der Waals surface area contributed by atoms with E-state index in [0.29, 0.717) is 35.1 Å². The minimum absolute atomic E-state index is 0.322. The molecule has 1 amide bonds. The molecule has 0 aliphatic heterocycles. The minimum atomic E-state index is -0.322. The van der Waals surface area contributed by atoms with E-state index in [2.05, 4.69) is 26.5 Å². The lowest BCUT2D eigenvalue weighted by Crippen LogP contribution is -2.17. The Kier molecular flexibility index (Phi) is 8.50. The van der Waals surface area contributed by atoms with Gasteiger partial charge in [-0.1, -0.05) is 46.6 Å². The first kappa shape index (κ1) is 22.8.